The van der Waals surface area contributed by atoms with Gasteiger partial charge in [0.2, 0.25) is 0 Å². The molecule has 0 saturated heterocycles. The van der Waals surface area contributed by atoms with Gasteiger partial charge in [0.05, 0.1) is 5.52 Å². The van der Waals surface area contributed by atoms with Crippen LogP contribution in [-0.4, -0.2) is 15.0 Å². The van der Waals surface area contributed by atoms with Gasteiger partial charge in [0.25, 0.3) is 0 Å². The van der Waals surface area contributed by atoms with Crippen LogP contribution in [0.2, 0.25) is 0 Å². The molecule has 16 heavy (non-hydrogen) atoms. The molecule has 0 bridgehead atoms. The summed E-state index contributed by atoms with van der Waals surface area (Å²) in [6.45, 7) is 0. The smallest absolute Gasteiger partial charge is 0.0739 e. The molecule has 0 unspecified atom stereocenters. The molecule has 3 heterocycles. The highest BCUT2D eigenvalue weighted by molar-refractivity contribution is 5.93. The van der Waals surface area contributed by atoms with Crippen LogP contribution in [0.25, 0.3) is 22.0 Å². The molecule has 0 N–H and O–H groups in total. The Morgan fingerprint density at radius 1 is 0.812 bits per heavy atom. The van der Waals surface area contributed by atoms with E-state index in [4.69, 9.17) is 0 Å². The zero-order valence-electron chi connectivity index (χ0n) is 8.54. The minimum absolute atomic E-state index is 0.955. The van der Waals surface area contributed by atoms with E-state index in [1.807, 2.05) is 42.9 Å². The quantitative estimate of drug-likeness (QED) is 0.615. The molecule has 3 aromatic rings. The summed E-state index contributed by atoms with van der Waals surface area (Å²) in [6, 6.07) is 7.86. The summed E-state index contributed by atoms with van der Waals surface area (Å²) in [4.78, 5) is 12.6. The third-order valence-electron chi connectivity index (χ3n) is 2.52. The second kappa shape index (κ2) is 3.70. The van der Waals surface area contributed by atoms with Crippen molar-refractivity contribution in [1.29, 1.82) is 0 Å². The second-order valence-corrected chi connectivity index (χ2v) is 3.49. The van der Waals surface area contributed by atoms with Crippen LogP contribution in [0.5, 0.6) is 0 Å². The number of nitrogens with zero attached hydrogens (tertiary/aromatic N) is 3. The maximum Gasteiger partial charge on any atom is 0.0739 e. The van der Waals surface area contributed by atoms with Crippen molar-refractivity contribution in [2.75, 3.05) is 0 Å². The normalized spacial score (nSPS) is 10.5. The Bertz CT molecular complexity index is 615. The molecule has 0 atom stereocenters. The monoisotopic (exact) mass is 207 g/mol. The molecule has 0 spiro atoms. The molecule has 0 amide bonds. The molecule has 0 aliphatic heterocycles. The van der Waals surface area contributed by atoms with Crippen molar-refractivity contribution < 1.29 is 0 Å². The Morgan fingerprint density at radius 2 is 1.75 bits per heavy atom. The first kappa shape index (κ1) is 8.97. The SMILES string of the molecule is c1cncc(-c2ccnc3ccncc23)c1. The van der Waals surface area contributed by atoms with Crippen molar-refractivity contribution in [2.45, 2.75) is 0 Å². The fourth-order valence-electron chi connectivity index (χ4n) is 1.76. The van der Waals surface area contributed by atoms with Gasteiger partial charge in [-0.3, -0.25) is 15.0 Å². The van der Waals surface area contributed by atoms with Crippen LogP contribution in [0.15, 0.2) is 55.2 Å². The van der Waals surface area contributed by atoms with Crippen molar-refractivity contribution in [3.05, 3.63) is 55.2 Å². The third kappa shape index (κ3) is 1.42. The Morgan fingerprint density at radius 3 is 2.62 bits per heavy atom. The largest absolute Gasteiger partial charge is 0.264 e. The van der Waals surface area contributed by atoms with Gasteiger partial charge in [0, 0.05) is 41.9 Å². The van der Waals surface area contributed by atoms with E-state index in [9.17, 15) is 0 Å². The Balaban J connectivity index is 2.32. The summed E-state index contributed by atoms with van der Waals surface area (Å²) < 4.78 is 0. The van der Waals surface area contributed by atoms with E-state index < -0.39 is 0 Å². The number of fused-ring (bicyclic) bond motifs is 1. The van der Waals surface area contributed by atoms with Gasteiger partial charge in [-0.2, -0.15) is 0 Å². The molecule has 0 radical (unpaired) electrons. The summed E-state index contributed by atoms with van der Waals surface area (Å²) in [6.07, 6.45) is 9.02. The Labute approximate surface area is 92.8 Å². The molecule has 3 rings (SSSR count). The average Bonchev–Trinajstić information content (AvgIpc) is 2.39. The van der Waals surface area contributed by atoms with Crippen molar-refractivity contribution in [1.82, 2.24) is 15.0 Å². The summed E-state index contributed by atoms with van der Waals surface area (Å²) in [5, 5.41) is 1.05. The highest BCUT2D eigenvalue weighted by Gasteiger charge is 2.03. The molecule has 76 valence electrons. The highest BCUT2D eigenvalue weighted by Crippen LogP contribution is 2.25. The molecule has 3 aromatic heterocycles. The summed E-state index contributed by atoms with van der Waals surface area (Å²) in [5.41, 5.74) is 3.16. The number of rotatable bonds is 1. The topological polar surface area (TPSA) is 38.7 Å². The highest BCUT2D eigenvalue weighted by atomic mass is 14.7. The lowest BCUT2D eigenvalue weighted by atomic mass is 10.1. The van der Waals surface area contributed by atoms with E-state index in [0.717, 1.165) is 22.0 Å². The first-order valence-corrected chi connectivity index (χ1v) is 5.04. The number of pyridine rings is 3. The van der Waals surface area contributed by atoms with Crippen LogP contribution >= 0.6 is 0 Å². The maximum atomic E-state index is 4.31. The Kier molecular flexibility index (Phi) is 2.07. The van der Waals surface area contributed by atoms with Crippen LogP contribution in [0.1, 0.15) is 0 Å². The molecule has 3 nitrogen and oxygen atoms in total. The van der Waals surface area contributed by atoms with Crippen LogP contribution in [-0.2, 0) is 0 Å². The van der Waals surface area contributed by atoms with E-state index in [2.05, 4.69) is 15.0 Å². The minimum atomic E-state index is 0.955. The predicted octanol–water partition coefficient (Wildman–Crippen LogP) is 2.69. The van der Waals surface area contributed by atoms with Crippen LogP contribution in [0, 0.1) is 0 Å². The van der Waals surface area contributed by atoms with Gasteiger partial charge in [0.15, 0.2) is 0 Å². The van der Waals surface area contributed by atoms with Gasteiger partial charge < -0.3 is 0 Å². The number of hydrogen-bond acceptors (Lipinski definition) is 3. The standard InChI is InChI=1S/C13H9N3/c1-2-10(8-14-5-1)11-3-7-16-13-4-6-15-9-12(11)13/h1-9H. The molecule has 0 aromatic carbocycles. The lowest BCUT2D eigenvalue weighted by Crippen LogP contribution is -1.85. The van der Waals surface area contributed by atoms with E-state index in [0.29, 0.717) is 0 Å². The van der Waals surface area contributed by atoms with Gasteiger partial charge in [-0.05, 0) is 23.8 Å². The van der Waals surface area contributed by atoms with E-state index >= 15 is 0 Å². The molecular weight excluding hydrogens is 198 g/mol. The third-order valence-corrected chi connectivity index (χ3v) is 2.52. The fourth-order valence-corrected chi connectivity index (χ4v) is 1.76. The first-order valence-electron chi connectivity index (χ1n) is 5.04. The van der Waals surface area contributed by atoms with Crippen LogP contribution in [0.3, 0.4) is 0 Å². The maximum absolute atomic E-state index is 4.31. The van der Waals surface area contributed by atoms with E-state index in [1.165, 1.54) is 0 Å². The molecule has 0 saturated carbocycles. The molecular formula is C13H9N3. The summed E-state index contributed by atoms with van der Waals surface area (Å²) in [5.74, 6) is 0. The van der Waals surface area contributed by atoms with E-state index in [-0.39, 0.29) is 0 Å². The lowest BCUT2D eigenvalue weighted by Gasteiger charge is -2.04. The van der Waals surface area contributed by atoms with Gasteiger partial charge in [-0.25, -0.2) is 0 Å². The molecule has 0 fully saturated rings. The number of aromatic nitrogens is 3. The minimum Gasteiger partial charge on any atom is -0.264 e. The van der Waals surface area contributed by atoms with Crippen LogP contribution < -0.4 is 0 Å². The van der Waals surface area contributed by atoms with Crippen molar-refractivity contribution >= 4 is 10.9 Å². The van der Waals surface area contributed by atoms with Crippen LogP contribution in [0.4, 0.5) is 0 Å². The molecule has 0 aliphatic carbocycles. The summed E-state index contributed by atoms with van der Waals surface area (Å²) >= 11 is 0. The molecule has 3 heteroatoms. The zero-order chi connectivity index (χ0) is 10.8. The lowest BCUT2D eigenvalue weighted by molar-refractivity contribution is 1.31. The van der Waals surface area contributed by atoms with Gasteiger partial charge >= 0.3 is 0 Å². The first-order chi connectivity index (χ1) is 7.95. The van der Waals surface area contributed by atoms with Gasteiger partial charge in [-0.1, -0.05) is 6.07 Å². The van der Waals surface area contributed by atoms with Gasteiger partial charge in [-0.15, -0.1) is 0 Å². The Hall–Kier alpha value is -2.29. The van der Waals surface area contributed by atoms with Gasteiger partial charge in [0.1, 0.15) is 0 Å². The number of hydrogen-bond donors (Lipinski definition) is 0. The second-order valence-electron chi connectivity index (χ2n) is 3.49. The average molecular weight is 207 g/mol. The van der Waals surface area contributed by atoms with Crippen molar-refractivity contribution in [3.8, 4) is 11.1 Å². The zero-order valence-corrected chi connectivity index (χ0v) is 8.54. The fraction of sp³-hybridized carbons (Fsp3) is 0. The predicted molar refractivity (Wildman–Crippen MR) is 62.8 cm³/mol. The summed E-state index contributed by atoms with van der Waals surface area (Å²) in [7, 11) is 0. The van der Waals surface area contributed by atoms with E-state index in [1.54, 1.807) is 12.4 Å². The van der Waals surface area contributed by atoms with Crippen molar-refractivity contribution in [3.63, 3.8) is 0 Å². The van der Waals surface area contributed by atoms with Crippen molar-refractivity contribution in [2.24, 2.45) is 0 Å². The molecule has 0 aliphatic rings.